The van der Waals surface area contributed by atoms with Gasteiger partial charge in [-0.25, -0.2) is 0 Å². The van der Waals surface area contributed by atoms with Gasteiger partial charge in [0, 0.05) is 12.1 Å². The Morgan fingerprint density at radius 2 is 2.18 bits per heavy atom. The van der Waals surface area contributed by atoms with E-state index >= 15 is 0 Å². The predicted octanol–water partition coefficient (Wildman–Crippen LogP) is 1.80. The average Bonchev–Trinajstić information content (AvgIpc) is 2.36. The molecule has 0 amide bonds. The molecule has 0 aromatic carbocycles. The third-order valence-corrected chi connectivity index (χ3v) is 2.73. The molecular weight excluding hydrogens is 216 g/mol. The zero-order valence-corrected chi connectivity index (χ0v) is 10.9. The summed E-state index contributed by atoms with van der Waals surface area (Å²) in [5.41, 5.74) is 5.59. The predicted molar refractivity (Wildman–Crippen MR) is 69.2 cm³/mol. The number of hydrogen-bond acceptors (Lipinski definition) is 5. The van der Waals surface area contributed by atoms with E-state index in [-0.39, 0.29) is 5.54 Å². The molecule has 1 aromatic heterocycles. The lowest BCUT2D eigenvalue weighted by Gasteiger charge is -2.28. The number of anilines is 1. The van der Waals surface area contributed by atoms with Crippen molar-refractivity contribution in [2.45, 2.75) is 39.2 Å². The highest BCUT2D eigenvalue weighted by Gasteiger charge is 2.20. The lowest BCUT2D eigenvalue weighted by atomic mass is 9.99. The van der Waals surface area contributed by atoms with Crippen molar-refractivity contribution in [3.8, 4) is 5.88 Å². The second kappa shape index (κ2) is 6.39. The zero-order valence-electron chi connectivity index (χ0n) is 10.9. The number of ether oxygens (including phenoxy) is 1. The molecule has 1 atom stereocenters. The molecule has 1 heterocycles. The van der Waals surface area contributed by atoms with Gasteiger partial charge in [-0.2, -0.15) is 4.98 Å². The zero-order chi connectivity index (χ0) is 12.7. The molecule has 0 fully saturated rings. The van der Waals surface area contributed by atoms with Crippen LogP contribution in [0, 0.1) is 0 Å². The summed E-state index contributed by atoms with van der Waals surface area (Å²) < 4.78 is 5.43. The Morgan fingerprint density at radius 1 is 1.41 bits per heavy atom. The van der Waals surface area contributed by atoms with Crippen LogP contribution in [-0.2, 0) is 0 Å². The van der Waals surface area contributed by atoms with Gasteiger partial charge in [-0.15, -0.1) is 0 Å². The van der Waals surface area contributed by atoms with Gasteiger partial charge in [-0.3, -0.25) is 4.98 Å². The normalized spacial score (nSPS) is 14.1. The molecule has 0 spiro atoms. The lowest BCUT2D eigenvalue weighted by Crippen LogP contribution is -2.42. The summed E-state index contributed by atoms with van der Waals surface area (Å²) in [5, 5.41) is 3.29. The Bertz CT molecular complexity index is 339. The number of aromatic nitrogens is 2. The summed E-state index contributed by atoms with van der Waals surface area (Å²) in [6.07, 6.45) is 5.18. The van der Waals surface area contributed by atoms with E-state index in [9.17, 15) is 0 Å². The Balaban J connectivity index is 2.71. The Labute approximate surface area is 103 Å². The fourth-order valence-electron chi connectivity index (χ4n) is 1.28. The fourth-order valence-corrected chi connectivity index (χ4v) is 1.28. The van der Waals surface area contributed by atoms with E-state index in [0.29, 0.717) is 24.8 Å². The third-order valence-electron chi connectivity index (χ3n) is 2.73. The molecule has 0 bridgehead atoms. The van der Waals surface area contributed by atoms with Gasteiger partial charge in [0.2, 0.25) is 5.88 Å². The molecule has 17 heavy (non-hydrogen) atoms. The van der Waals surface area contributed by atoms with Crippen molar-refractivity contribution in [3.05, 3.63) is 12.4 Å². The highest BCUT2D eigenvalue weighted by molar-refractivity contribution is 5.36. The number of nitrogens with one attached hydrogen (secondary N) is 1. The van der Waals surface area contributed by atoms with Gasteiger partial charge in [0.25, 0.3) is 0 Å². The van der Waals surface area contributed by atoms with Crippen molar-refractivity contribution in [1.29, 1.82) is 0 Å². The van der Waals surface area contributed by atoms with Crippen LogP contribution in [0.3, 0.4) is 0 Å². The van der Waals surface area contributed by atoms with Crippen molar-refractivity contribution in [1.82, 2.24) is 9.97 Å². The highest BCUT2D eigenvalue weighted by Crippen LogP contribution is 2.17. The van der Waals surface area contributed by atoms with E-state index in [0.717, 1.165) is 12.8 Å². The van der Waals surface area contributed by atoms with Crippen molar-refractivity contribution < 1.29 is 4.74 Å². The number of nitrogens with two attached hydrogens (primary N) is 1. The van der Waals surface area contributed by atoms with Gasteiger partial charge in [-0.05, 0) is 19.8 Å². The molecule has 0 aliphatic rings. The van der Waals surface area contributed by atoms with Gasteiger partial charge >= 0.3 is 0 Å². The molecule has 0 radical (unpaired) electrons. The number of rotatable bonds is 7. The SMILES string of the molecule is CCCOc1cncc(NC(C)(CC)CN)n1. The third kappa shape index (κ3) is 4.19. The minimum absolute atomic E-state index is 0.155. The van der Waals surface area contributed by atoms with Gasteiger partial charge < -0.3 is 15.8 Å². The summed E-state index contributed by atoms with van der Waals surface area (Å²) in [7, 11) is 0. The molecule has 96 valence electrons. The van der Waals surface area contributed by atoms with Crippen molar-refractivity contribution in [3.63, 3.8) is 0 Å². The van der Waals surface area contributed by atoms with Gasteiger partial charge in [0.1, 0.15) is 5.82 Å². The minimum Gasteiger partial charge on any atom is -0.477 e. The number of hydrogen-bond donors (Lipinski definition) is 2. The number of nitrogens with zero attached hydrogens (tertiary/aromatic N) is 2. The first-order chi connectivity index (χ1) is 8.13. The van der Waals surface area contributed by atoms with E-state index in [1.54, 1.807) is 12.4 Å². The minimum atomic E-state index is -0.155. The fraction of sp³-hybridized carbons (Fsp3) is 0.667. The van der Waals surface area contributed by atoms with Crippen LogP contribution < -0.4 is 15.8 Å². The Morgan fingerprint density at radius 3 is 2.76 bits per heavy atom. The molecule has 0 aliphatic carbocycles. The first kappa shape index (κ1) is 13.7. The van der Waals surface area contributed by atoms with Crippen LogP contribution in [0.1, 0.15) is 33.6 Å². The van der Waals surface area contributed by atoms with Crippen molar-refractivity contribution >= 4 is 5.82 Å². The molecule has 5 nitrogen and oxygen atoms in total. The molecule has 0 saturated carbocycles. The van der Waals surface area contributed by atoms with Crippen LogP contribution in [0.25, 0.3) is 0 Å². The van der Waals surface area contributed by atoms with Crippen molar-refractivity contribution in [2.24, 2.45) is 5.73 Å². The second-order valence-electron chi connectivity index (χ2n) is 4.33. The summed E-state index contributed by atoms with van der Waals surface area (Å²) in [4.78, 5) is 8.44. The van der Waals surface area contributed by atoms with E-state index < -0.39 is 0 Å². The largest absolute Gasteiger partial charge is 0.477 e. The average molecular weight is 238 g/mol. The molecule has 0 aliphatic heterocycles. The van der Waals surface area contributed by atoms with Crippen LogP contribution in [0.2, 0.25) is 0 Å². The first-order valence-electron chi connectivity index (χ1n) is 6.06. The van der Waals surface area contributed by atoms with E-state index in [1.807, 2.05) is 0 Å². The van der Waals surface area contributed by atoms with E-state index in [2.05, 4.69) is 36.1 Å². The molecule has 3 N–H and O–H groups in total. The topological polar surface area (TPSA) is 73.1 Å². The quantitative estimate of drug-likeness (QED) is 0.758. The van der Waals surface area contributed by atoms with Crippen LogP contribution >= 0.6 is 0 Å². The maximum absolute atomic E-state index is 5.74. The van der Waals surface area contributed by atoms with Crippen molar-refractivity contribution in [2.75, 3.05) is 18.5 Å². The van der Waals surface area contributed by atoms with Gasteiger partial charge in [0.05, 0.1) is 19.0 Å². The van der Waals surface area contributed by atoms with Crippen LogP contribution in [0.15, 0.2) is 12.4 Å². The summed E-state index contributed by atoms with van der Waals surface area (Å²) >= 11 is 0. The van der Waals surface area contributed by atoms with Gasteiger partial charge in [0.15, 0.2) is 0 Å². The standard InChI is InChI=1S/C12H22N4O/c1-4-6-17-11-8-14-7-10(15-11)16-12(3,5-2)9-13/h7-8H,4-6,9,13H2,1-3H3,(H,15,16). The molecule has 5 heteroatoms. The summed E-state index contributed by atoms with van der Waals surface area (Å²) in [5.74, 6) is 1.25. The van der Waals surface area contributed by atoms with Gasteiger partial charge in [-0.1, -0.05) is 13.8 Å². The van der Waals surface area contributed by atoms with Crippen LogP contribution in [0.5, 0.6) is 5.88 Å². The second-order valence-corrected chi connectivity index (χ2v) is 4.33. The lowest BCUT2D eigenvalue weighted by molar-refractivity contribution is 0.304. The Kier molecular flexibility index (Phi) is 5.15. The van der Waals surface area contributed by atoms with Crippen LogP contribution in [-0.4, -0.2) is 28.7 Å². The molecule has 1 unspecified atom stereocenters. The summed E-state index contributed by atoms with van der Waals surface area (Å²) in [6.45, 7) is 7.41. The summed E-state index contributed by atoms with van der Waals surface area (Å²) in [6, 6.07) is 0. The van der Waals surface area contributed by atoms with E-state index in [4.69, 9.17) is 10.5 Å². The highest BCUT2D eigenvalue weighted by atomic mass is 16.5. The Hall–Kier alpha value is -1.36. The maximum atomic E-state index is 5.74. The first-order valence-corrected chi connectivity index (χ1v) is 6.06. The maximum Gasteiger partial charge on any atom is 0.234 e. The monoisotopic (exact) mass is 238 g/mol. The van der Waals surface area contributed by atoms with Crippen LogP contribution in [0.4, 0.5) is 5.82 Å². The molecule has 0 saturated heterocycles. The molecule has 1 aromatic rings. The molecule has 1 rings (SSSR count). The van der Waals surface area contributed by atoms with E-state index in [1.165, 1.54) is 0 Å². The smallest absolute Gasteiger partial charge is 0.234 e. The molecular formula is C12H22N4O.